The van der Waals surface area contributed by atoms with Crippen LogP contribution in [0.15, 0.2) is 84.1 Å². The Morgan fingerprint density at radius 3 is 2.52 bits per heavy atom. The minimum absolute atomic E-state index is 0.0652. The molecule has 0 aliphatic heterocycles. The van der Waals surface area contributed by atoms with E-state index < -0.39 is 0 Å². The van der Waals surface area contributed by atoms with Crippen molar-refractivity contribution in [3.63, 3.8) is 0 Å². The molecule has 4 heteroatoms. The van der Waals surface area contributed by atoms with Crippen molar-refractivity contribution >= 4 is 16.8 Å². The number of hydrogen-bond donors (Lipinski definition) is 2. The zero-order chi connectivity index (χ0) is 20.4. The number of nitrogens with zero attached hydrogens (tertiary/aromatic N) is 1. The van der Waals surface area contributed by atoms with E-state index in [9.17, 15) is 4.79 Å². The molecule has 0 fully saturated rings. The smallest absolute Gasteiger partial charge is 0.270 e. The molecule has 0 spiro atoms. The molecular formula is C25H25N3O. The molecule has 2 N–H and O–H groups in total. The van der Waals surface area contributed by atoms with E-state index in [1.165, 1.54) is 5.57 Å². The van der Waals surface area contributed by atoms with Gasteiger partial charge in [0, 0.05) is 10.9 Å². The number of rotatable bonds is 4. The van der Waals surface area contributed by atoms with Crippen LogP contribution in [0.1, 0.15) is 37.6 Å². The van der Waals surface area contributed by atoms with Gasteiger partial charge in [-0.15, -0.1) is 0 Å². The molecule has 0 unspecified atom stereocenters. The van der Waals surface area contributed by atoms with Crippen LogP contribution >= 0.6 is 0 Å². The van der Waals surface area contributed by atoms with E-state index in [1.807, 2.05) is 60.7 Å². The first kappa shape index (κ1) is 18.9. The van der Waals surface area contributed by atoms with Gasteiger partial charge in [-0.1, -0.05) is 74.0 Å². The highest BCUT2D eigenvalue weighted by Crippen LogP contribution is 2.32. The Kier molecular flexibility index (Phi) is 4.93. The second kappa shape index (κ2) is 7.55. The summed E-state index contributed by atoms with van der Waals surface area (Å²) in [5.74, 6) is -0.184. The summed E-state index contributed by atoms with van der Waals surface area (Å²) in [6.45, 7) is 6.49. The molecule has 1 aliphatic carbocycles. The summed E-state index contributed by atoms with van der Waals surface area (Å²) in [4.78, 5) is 17.8. The molecule has 0 bridgehead atoms. The summed E-state index contributed by atoms with van der Waals surface area (Å²) < 4.78 is 0. The topological polar surface area (TPSA) is 54.0 Å². The summed E-state index contributed by atoms with van der Waals surface area (Å²) in [6, 6.07) is 19.5. The molecule has 146 valence electrons. The first-order valence-electron chi connectivity index (χ1n) is 9.83. The van der Waals surface area contributed by atoms with E-state index in [0.717, 1.165) is 34.3 Å². The maximum absolute atomic E-state index is 13.1. The van der Waals surface area contributed by atoms with Crippen LogP contribution in [-0.2, 0) is 0 Å². The molecule has 0 saturated heterocycles. The summed E-state index contributed by atoms with van der Waals surface area (Å²) >= 11 is 0. The zero-order valence-electron chi connectivity index (χ0n) is 17.0. The van der Waals surface area contributed by atoms with Crippen molar-refractivity contribution in [2.45, 2.75) is 27.2 Å². The van der Waals surface area contributed by atoms with Crippen molar-refractivity contribution in [3.8, 4) is 11.3 Å². The number of carbonyl (C=O) groups is 1. The molecule has 29 heavy (non-hydrogen) atoms. The van der Waals surface area contributed by atoms with E-state index in [-0.39, 0.29) is 11.3 Å². The molecule has 1 heterocycles. The number of hydrazine groups is 1. The van der Waals surface area contributed by atoms with E-state index >= 15 is 0 Å². The van der Waals surface area contributed by atoms with Gasteiger partial charge >= 0.3 is 0 Å². The monoisotopic (exact) mass is 383 g/mol. The minimum Gasteiger partial charge on any atom is -0.299 e. The van der Waals surface area contributed by atoms with Gasteiger partial charge in [-0.05, 0) is 37.0 Å². The second-order valence-corrected chi connectivity index (χ2v) is 8.27. The molecular weight excluding hydrogens is 358 g/mol. The standard InChI is InChI=1S/C25H25N3O/c1-17-13-19(16-25(2,3)15-17)27-28-24(29)21-14-23(18-9-5-4-6-10-18)26-22-12-8-7-11-20(21)22/h4-14,16,27H,15H2,1-3H3,(H,28,29). The summed E-state index contributed by atoms with van der Waals surface area (Å²) in [7, 11) is 0. The molecule has 4 nitrogen and oxygen atoms in total. The van der Waals surface area contributed by atoms with Crippen LogP contribution in [0.4, 0.5) is 0 Å². The van der Waals surface area contributed by atoms with E-state index in [1.54, 1.807) is 0 Å². The van der Waals surface area contributed by atoms with Gasteiger partial charge in [0.1, 0.15) is 0 Å². The highest BCUT2D eigenvalue weighted by Gasteiger charge is 2.21. The van der Waals surface area contributed by atoms with Crippen LogP contribution < -0.4 is 10.9 Å². The number of aromatic nitrogens is 1. The Morgan fingerprint density at radius 2 is 1.76 bits per heavy atom. The number of hydrogen-bond acceptors (Lipinski definition) is 3. The highest BCUT2D eigenvalue weighted by molar-refractivity contribution is 6.07. The van der Waals surface area contributed by atoms with E-state index in [4.69, 9.17) is 4.98 Å². The van der Waals surface area contributed by atoms with Crippen LogP contribution in [0.5, 0.6) is 0 Å². The fourth-order valence-electron chi connectivity index (χ4n) is 3.94. The average molecular weight is 383 g/mol. The third-order valence-electron chi connectivity index (χ3n) is 5.03. The molecule has 2 aromatic carbocycles. The van der Waals surface area contributed by atoms with Crippen molar-refractivity contribution in [2.75, 3.05) is 0 Å². The van der Waals surface area contributed by atoms with Gasteiger partial charge in [0.2, 0.25) is 0 Å². The molecule has 0 atom stereocenters. The molecule has 0 radical (unpaired) electrons. The third kappa shape index (κ3) is 4.21. The maximum atomic E-state index is 13.1. The highest BCUT2D eigenvalue weighted by atomic mass is 16.2. The van der Waals surface area contributed by atoms with Crippen molar-refractivity contribution in [3.05, 3.63) is 89.6 Å². The van der Waals surface area contributed by atoms with E-state index in [0.29, 0.717) is 5.56 Å². The number of para-hydroxylation sites is 1. The number of amides is 1. The van der Waals surface area contributed by atoms with Crippen LogP contribution in [0.25, 0.3) is 22.2 Å². The molecule has 1 aliphatic rings. The molecule has 0 saturated carbocycles. The van der Waals surface area contributed by atoms with Gasteiger partial charge in [0.25, 0.3) is 5.91 Å². The number of fused-ring (bicyclic) bond motifs is 1. The van der Waals surface area contributed by atoms with Gasteiger partial charge < -0.3 is 0 Å². The summed E-state index contributed by atoms with van der Waals surface area (Å²) in [5.41, 5.74) is 11.4. The Balaban J connectivity index is 1.66. The van der Waals surface area contributed by atoms with Crippen molar-refractivity contribution < 1.29 is 4.79 Å². The Morgan fingerprint density at radius 1 is 1.03 bits per heavy atom. The molecule has 4 rings (SSSR count). The number of allylic oxidation sites excluding steroid dienone is 3. The van der Waals surface area contributed by atoms with Gasteiger partial charge in [0.05, 0.1) is 22.5 Å². The number of nitrogens with one attached hydrogen (secondary N) is 2. The van der Waals surface area contributed by atoms with E-state index in [2.05, 4.69) is 43.8 Å². The SMILES string of the molecule is CC1=CC(NNC(=O)c2cc(-c3ccccc3)nc3ccccc23)=CC(C)(C)C1. The second-order valence-electron chi connectivity index (χ2n) is 8.27. The quantitative estimate of drug-likeness (QED) is 0.594. The number of benzene rings is 2. The average Bonchev–Trinajstić information content (AvgIpc) is 2.70. The van der Waals surface area contributed by atoms with Gasteiger partial charge in [0.15, 0.2) is 0 Å². The van der Waals surface area contributed by atoms with Gasteiger partial charge in [-0.25, -0.2) is 4.98 Å². The Bertz CT molecular complexity index is 1130. The van der Waals surface area contributed by atoms with Crippen molar-refractivity contribution in [2.24, 2.45) is 5.41 Å². The lowest BCUT2D eigenvalue weighted by Crippen LogP contribution is -2.37. The lowest BCUT2D eigenvalue weighted by atomic mass is 9.81. The lowest BCUT2D eigenvalue weighted by Gasteiger charge is -2.27. The van der Waals surface area contributed by atoms with Gasteiger partial charge in [-0.3, -0.25) is 15.6 Å². The molecule has 1 aromatic heterocycles. The predicted octanol–water partition coefficient (Wildman–Crippen LogP) is 5.40. The number of carbonyl (C=O) groups excluding carboxylic acids is 1. The van der Waals surface area contributed by atoms with Crippen molar-refractivity contribution in [1.29, 1.82) is 0 Å². The zero-order valence-corrected chi connectivity index (χ0v) is 17.0. The van der Waals surface area contributed by atoms with Gasteiger partial charge in [-0.2, -0.15) is 0 Å². The van der Waals surface area contributed by atoms with Crippen LogP contribution in [0.3, 0.4) is 0 Å². The first-order valence-corrected chi connectivity index (χ1v) is 9.83. The van der Waals surface area contributed by atoms with Crippen molar-refractivity contribution in [1.82, 2.24) is 15.8 Å². The normalized spacial score (nSPS) is 15.4. The fourth-order valence-corrected chi connectivity index (χ4v) is 3.94. The number of pyridine rings is 1. The molecule has 1 amide bonds. The van der Waals surface area contributed by atoms with Crippen LogP contribution in [0, 0.1) is 5.41 Å². The third-order valence-corrected chi connectivity index (χ3v) is 5.03. The van der Waals surface area contributed by atoms with Crippen LogP contribution in [0.2, 0.25) is 0 Å². The lowest BCUT2D eigenvalue weighted by molar-refractivity contribution is 0.0940. The maximum Gasteiger partial charge on any atom is 0.270 e. The predicted molar refractivity (Wildman–Crippen MR) is 118 cm³/mol. The van der Waals surface area contributed by atoms with Crippen LogP contribution in [-0.4, -0.2) is 10.9 Å². The molecule has 3 aromatic rings. The Hall–Kier alpha value is -3.40. The largest absolute Gasteiger partial charge is 0.299 e. The summed E-state index contributed by atoms with van der Waals surface area (Å²) in [6.07, 6.45) is 5.24. The fraction of sp³-hybridized carbons (Fsp3) is 0.200. The Labute approximate surface area is 171 Å². The first-order chi connectivity index (χ1) is 13.9. The summed E-state index contributed by atoms with van der Waals surface area (Å²) in [5, 5.41) is 0.830. The minimum atomic E-state index is -0.184.